The van der Waals surface area contributed by atoms with Crippen molar-refractivity contribution in [2.24, 2.45) is 5.92 Å². The Labute approximate surface area is 130 Å². The summed E-state index contributed by atoms with van der Waals surface area (Å²) in [6.07, 6.45) is 10.1. The van der Waals surface area contributed by atoms with Crippen LogP contribution < -0.4 is 11.1 Å². The molecular formula is C16H22N4S. The fraction of sp³-hybridized carbons (Fsp3) is 0.500. The van der Waals surface area contributed by atoms with Crippen LogP contribution in [-0.4, -0.2) is 15.4 Å². The molecule has 1 fully saturated rings. The molecule has 1 aliphatic rings. The van der Waals surface area contributed by atoms with E-state index in [0.29, 0.717) is 11.9 Å². The van der Waals surface area contributed by atoms with Crippen molar-refractivity contribution in [3.05, 3.63) is 24.5 Å². The van der Waals surface area contributed by atoms with Crippen molar-refractivity contribution in [1.29, 1.82) is 0 Å². The Hall–Kier alpha value is -1.62. The maximum absolute atomic E-state index is 6.06. The van der Waals surface area contributed by atoms with Gasteiger partial charge in [-0.1, -0.05) is 32.3 Å². The van der Waals surface area contributed by atoms with Crippen molar-refractivity contribution >= 4 is 22.4 Å². The molecule has 0 bridgehead atoms. The summed E-state index contributed by atoms with van der Waals surface area (Å²) >= 11 is 1.46. The van der Waals surface area contributed by atoms with Gasteiger partial charge in [-0.25, -0.2) is 0 Å². The van der Waals surface area contributed by atoms with Crippen LogP contribution in [-0.2, 0) is 0 Å². The molecule has 2 heterocycles. The van der Waals surface area contributed by atoms with Gasteiger partial charge in [-0.3, -0.25) is 4.98 Å². The van der Waals surface area contributed by atoms with Crippen LogP contribution in [0.4, 0.5) is 10.8 Å². The van der Waals surface area contributed by atoms with Crippen molar-refractivity contribution in [2.45, 2.75) is 45.1 Å². The van der Waals surface area contributed by atoms with Crippen LogP contribution >= 0.6 is 11.5 Å². The predicted molar refractivity (Wildman–Crippen MR) is 89.4 cm³/mol. The number of nitrogens with one attached hydrogen (secondary N) is 1. The zero-order valence-electron chi connectivity index (χ0n) is 12.4. The van der Waals surface area contributed by atoms with Crippen LogP contribution in [0.3, 0.4) is 0 Å². The Morgan fingerprint density at radius 3 is 3.10 bits per heavy atom. The van der Waals surface area contributed by atoms with E-state index >= 15 is 0 Å². The number of nitrogen functional groups attached to an aromatic ring is 1. The SMILES string of the molecule is CCC1CCCC(Nc2snc(N)c2-c2cccnc2)C1. The highest BCUT2D eigenvalue weighted by molar-refractivity contribution is 7.11. The highest BCUT2D eigenvalue weighted by Crippen LogP contribution is 2.38. The van der Waals surface area contributed by atoms with E-state index in [-0.39, 0.29) is 0 Å². The highest BCUT2D eigenvalue weighted by atomic mass is 32.1. The van der Waals surface area contributed by atoms with Crippen molar-refractivity contribution in [2.75, 3.05) is 11.1 Å². The van der Waals surface area contributed by atoms with E-state index in [2.05, 4.69) is 21.6 Å². The first-order valence-electron chi connectivity index (χ1n) is 7.70. The van der Waals surface area contributed by atoms with Gasteiger partial charge >= 0.3 is 0 Å². The molecule has 5 heteroatoms. The monoisotopic (exact) mass is 302 g/mol. The second-order valence-corrected chi connectivity index (χ2v) is 6.57. The van der Waals surface area contributed by atoms with E-state index in [1.165, 1.54) is 43.6 Å². The second-order valence-electron chi connectivity index (χ2n) is 5.80. The molecule has 112 valence electrons. The molecule has 0 saturated heterocycles. The number of hydrogen-bond donors (Lipinski definition) is 2. The molecule has 2 aromatic heterocycles. The molecule has 2 atom stereocenters. The lowest BCUT2D eigenvalue weighted by Crippen LogP contribution is -2.26. The molecule has 0 radical (unpaired) electrons. The predicted octanol–water partition coefficient (Wildman–Crippen LogP) is 4.17. The molecule has 0 amide bonds. The van der Waals surface area contributed by atoms with Gasteiger partial charge in [-0.15, -0.1) is 0 Å². The van der Waals surface area contributed by atoms with Gasteiger partial charge in [0.25, 0.3) is 0 Å². The normalized spacial score (nSPS) is 22.1. The number of anilines is 2. The third-order valence-electron chi connectivity index (χ3n) is 4.36. The first-order chi connectivity index (χ1) is 10.3. The first kappa shape index (κ1) is 14.3. The quantitative estimate of drug-likeness (QED) is 0.889. The van der Waals surface area contributed by atoms with Crippen LogP contribution in [0.2, 0.25) is 0 Å². The maximum Gasteiger partial charge on any atom is 0.147 e. The standard InChI is InChI=1S/C16H22N4S/c1-2-11-5-3-7-13(9-11)19-16-14(15(17)20-21-16)12-6-4-8-18-10-12/h4,6,8,10-11,13,19H,2-3,5,7,9H2,1H3,(H2,17,20). The lowest BCUT2D eigenvalue weighted by molar-refractivity contribution is 0.327. The highest BCUT2D eigenvalue weighted by Gasteiger charge is 2.23. The van der Waals surface area contributed by atoms with E-state index in [1.807, 2.05) is 18.3 Å². The number of hydrogen-bond acceptors (Lipinski definition) is 5. The van der Waals surface area contributed by atoms with Crippen LogP contribution in [0.15, 0.2) is 24.5 Å². The molecule has 1 saturated carbocycles. The molecule has 2 unspecified atom stereocenters. The lowest BCUT2D eigenvalue weighted by atomic mass is 9.84. The number of aromatic nitrogens is 2. The van der Waals surface area contributed by atoms with Crippen molar-refractivity contribution in [3.8, 4) is 11.1 Å². The van der Waals surface area contributed by atoms with Gasteiger partial charge in [-0.2, -0.15) is 4.37 Å². The Bertz CT molecular complexity index is 581. The minimum Gasteiger partial charge on any atom is -0.382 e. The zero-order valence-corrected chi connectivity index (χ0v) is 13.2. The Balaban J connectivity index is 1.80. The second kappa shape index (κ2) is 6.43. The summed E-state index contributed by atoms with van der Waals surface area (Å²) in [5, 5.41) is 4.77. The van der Waals surface area contributed by atoms with Crippen LogP contribution in [0.1, 0.15) is 39.0 Å². The van der Waals surface area contributed by atoms with Gasteiger partial charge in [0.1, 0.15) is 10.8 Å². The average molecular weight is 302 g/mol. The summed E-state index contributed by atoms with van der Waals surface area (Å²) in [6, 6.07) is 4.51. The van der Waals surface area contributed by atoms with Gasteiger partial charge in [-0.05, 0) is 36.4 Å². The Kier molecular flexibility index (Phi) is 4.39. The number of rotatable bonds is 4. The summed E-state index contributed by atoms with van der Waals surface area (Å²) in [5.41, 5.74) is 8.11. The lowest BCUT2D eigenvalue weighted by Gasteiger charge is -2.29. The molecule has 0 spiro atoms. The summed E-state index contributed by atoms with van der Waals surface area (Å²) in [4.78, 5) is 4.19. The van der Waals surface area contributed by atoms with E-state index < -0.39 is 0 Å². The summed E-state index contributed by atoms with van der Waals surface area (Å²) < 4.78 is 4.33. The molecule has 4 nitrogen and oxygen atoms in total. The Morgan fingerprint density at radius 1 is 1.43 bits per heavy atom. The van der Waals surface area contributed by atoms with Crippen LogP contribution in [0, 0.1) is 5.92 Å². The van der Waals surface area contributed by atoms with E-state index in [9.17, 15) is 0 Å². The van der Waals surface area contributed by atoms with E-state index in [4.69, 9.17) is 5.73 Å². The molecular weight excluding hydrogens is 280 g/mol. The first-order valence-corrected chi connectivity index (χ1v) is 8.47. The number of nitrogens with zero attached hydrogens (tertiary/aromatic N) is 2. The largest absolute Gasteiger partial charge is 0.382 e. The van der Waals surface area contributed by atoms with E-state index in [1.54, 1.807) is 6.20 Å². The fourth-order valence-corrected chi connectivity index (χ4v) is 3.98. The van der Waals surface area contributed by atoms with Crippen LogP contribution in [0.5, 0.6) is 0 Å². The number of nitrogens with two attached hydrogens (primary N) is 1. The number of pyridine rings is 1. The molecule has 21 heavy (non-hydrogen) atoms. The van der Waals surface area contributed by atoms with Gasteiger partial charge in [0.2, 0.25) is 0 Å². The maximum atomic E-state index is 6.06. The third-order valence-corrected chi connectivity index (χ3v) is 5.16. The van der Waals surface area contributed by atoms with E-state index in [0.717, 1.165) is 22.0 Å². The van der Waals surface area contributed by atoms with Crippen molar-refractivity contribution < 1.29 is 0 Å². The van der Waals surface area contributed by atoms with Gasteiger partial charge < -0.3 is 11.1 Å². The topological polar surface area (TPSA) is 63.8 Å². The summed E-state index contributed by atoms with van der Waals surface area (Å²) in [7, 11) is 0. The van der Waals surface area contributed by atoms with Gasteiger partial charge in [0.05, 0.1) is 5.56 Å². The molecule has 1 aliphatic carbocycles. The minimum atomic E-state index is 0.541. The van der Waals surface area contributed by atoms with Crippen molar-refractivity contribution in [3.63, 3.8) is 0 Å². The fourth-order valence-electron chi connectivity index (χ4n) is 3.17. The third kappa shape index (κ3) is 3.18. The minimum absolute atomic E-state index is 0.541. The van der Waals surface area contributed by atoms with Gasteiger partial charge in [0.15, 0.2) is 0 Å². The van der Waals surface area contributed by atoms with Crippen molar-refractivity contribution in [1.82, 2.24) is 9.36 Å². The molecule has 3 rings (SSSR count). The zero-order chi connectivity index (χ0) is 14.7. The van der Waals surface area contributed by atoms with Gasteiger partial charge in [0, 0.05) is 24.0 Å². The molecule has 2 aromatic rings. The summed E-state index contributed by atoms with van der Waals surface area (Å²) in [6.45, 7) is 2.29. The molecule has 0 aromatic carbocycles. The molecule has 0 aliphatic heterocycles. The summed E-state index contributed by atoms with van der Waals surface area (Å²) in [5.74, 6) is 1.45. The van der Waals surface area contributed by atoms with Crippen LogP contribution in [0.25, 0.3) is 11.1 Å². The molecule has 3 N–H and O–H groups in total. The Morgan fingerprint density at radius 2 is 2.33 bits per heavy atom. The average Bonchev–Trinajstić information content (AvgIpc) is 2.89. The smallest absolute Gasteiger partial charge is 0.147 e.